The Morgan fingerprint density at radius 2 is 2.05 bits per heavy atom. The van der Waals surface area contributed by atoms with Crippen molar-refractivity contribution in [3.05, 3.63) is 52.6 Å². The number of halogens is 1. The first kappa shape index (κ1) is 15.7. The van der Waals surface area contributed by atoms with E-state index in [1.54, 1.807) is 6.07 Å². The Hall–Kier alpha value is -1.68. The van der Waals surface area contributed by atoms with Crippen LogP contribution in [0.4, 0.5) is 4.39 Å². The number of nitrogens with zero attached hydrogens (tertiary/aromatic N) is 2. The minimum absolute atomic E-state index is 0.0292. The summed E-state index contributed by atoms with van der Waals surface area (Å²) in [5.41, 5.74) is 4.21. The first-order valence-corrected chi connectivity index (χ1v) is 7.59. The van der Waals surface area contributed by atoms with Crippen LogP contribution in [0.15, 0.2) is 24.3 Å². The number of hydrogen-bond acceptors (Lipinski definition) is 2. The number of nitrogens with one attached hydrogen (secondary N) is 1. The smallest absolute Gasteiger partial charge is 0.123 e. The van der Waals surface area contributed by atoms with Gasteiger partial charge in [0.1, 0.15) is 5.82 Å². The lowest BCUT2D eigenvalue weighted by molar-refractivity contribution is 0.545. The van der Waals surface area contributed by atoms with Crippen molar-refractivity contribution in [2.45, 2.75) is 39.7 Å². The molecule has 4 heteroatoms. The van der Waals surface area contributed by atoms with Crippen LogP contribution in [-0.2, 0) is 13.5 Å². The van der Waals surface area contributed by atoms with Crippen LogP contribution in [0.3, 0.4) is 0 Å². The highest BCUT2D eigenvalue weighted by molar-refractivity contribution is 5.35. The normalized spacial score (nSPS) is 12.6. The second-order valence-corrected chi connectivity index (χ2v) is 5.43. The summed E-state index contributed by atoms with van der Waals surface area (Å²) in [5.74, 6) is -0.197. The molecule has 0 aliphatic rings. The SMILES string of the molecule is CCCNC(c1cc(F)ccc1C)c1cc(CC)nn1C. The zero-order valence-corrected chi connectivity index (χ0v) is 13.3. The molecule has 0 spiro atoms. The molecule has 1 unspecified atom stereocenters. The fourth-order valence-corrected chi connectivity index (χ4v) is 2.57. The maximum atomic E-state index is 13.7. The van der Waals surface area contributed by atoms with Gasteiger partial charge in [0.05, 0.1) is 17.4 Å². The van der Waals surface area contributed by atoms with E-state index in [0.717, 1.165) is 41.9 Å². The van der Waals surface area contributed by atoms with Crippen molar-refractivity contribution in [3.8, 4) is 0 Å². The molecule has 3 nitrogen and oxygen atoms in total. The van der Waals surface area contributed by atoms with Gasteiger partial charge in [-0.3, -0.25) is 4.68 Å². The van der Waals surface area contributed by atoms with Crippen molar-refractivity contribution in [2.75, 3.05) is 6.54 Å². The van der Waals surface area contributed by atoms with Gasteiger partial charge in [0, 0.05) is 7.05 Å². The fraction of sp³-hybridized carbons (Fsp3) is 0.471. The number of aromatic nitrogens is 2. The summed E-state index contributed by atoms with van der Waals surface area (Å²) < 4.78 is 15.6. The molecule has 1 heterocycles. The van der Waals surface area contributed by atoms with Gasteiger partial charge in [-0.25, -0.2) is 4.39 Å². The lowest BCUT2D eigenvalue weighted by atomic mass is 9.98. The molecule has 0 amide bonds. The Morgan fingerprint density at radius 1 is 1.29 bits per heavy atom. The predicted octanol–water partition coefficient (Wildman–Crippen LogP) is 3.52. The summed E-state index contributed by atoms with van der Waals surface area (Å²) in [6.45, 7) is 7.12. The lowest BCUT2D eigenvalue weighted by Crippen LogP contribution is -2.26. The number of benzene rings is 1. The Balaban J connectivity index is 2.46. The Morgan fingerprint density at radius 3 is 2.67 bits per heavy atom. The van der Waals surface area contributed by atoms with Gasteiger partial charge in [-0.15, -0.1) is 0 Å². The largest absolute Gasteiger partial charge is 0.305 e. The van der Waals surface area contributed by atoms with Gasteiger partial charge in [-0.2, -0.15) is 5.10 Å². The first-order chi connectivity index (χ1) is 10.1. The quantitative estimate of drug-likeness (QED) is 0.882. The summed E-state index contributed by atoms with van der Waals surface area (Å²) in [5, 5.41) is 8.04. The van der Waals surface area contributed by atoms with Crippen LogP contribution in [0.1, 0.15) is 48.8 Å². The average molecular weight is 289 g/mol. The molecule has 0 saturated carbocycles. The number of hydrogen-bond donors (Lipinski definition) is 1. The second kappa shape index (κ2) is 6.85. The van der Waals surface area contributed by atoms with E-state index in [1.165, 1.54) is 6.07 Å². The molecule has 0 aliphatic carbocycles. The van der Waals surface area contributed by atoms with E-state index in [2.05, 4.69) is 30.3 Å². The van der Waals surface area contributed by atoms with E-state index >= 15 is 0 Å². The van der Waals surface area contributed by atoms with E-state index < -0.39 is 0 Å². The van der Waals surface area contributed by atoms with E-state index in [4.69, 9.17) is 0 Å². The van der Waals surface area contributed by atoms with Crippen molar-refractivity contribution in [1.82, 2.24) is 15.1 Å². The zero-order valence-electron chi connectivity index (χ0n) is 13.3. The van der Waals surface area contributed by atoms with Crippen LogP contribution in [0.2, 0.25) is 0 Å². The average Bonchev–Trinajstić information content (AvgIpc) is 2.84. The molecule has 2 rings (SSSR count). The minimum Gasteiger partial charge on any atom is -0.305 e. The molecule has 0 saturated heterocycles. The zero-order chi connectivity index (χ0) is 15.4. The maximum Gasteiger partial charge on any atom is 0.123 e. The van der Waals surface area contributed by atoms with Crippen molar-refractivity contribution in [1.29, 1.82) is 0 Å². The Labute approximate surface area is 126 Å². The van der Waals surface area contributed by atoms with Crippen molar-refractivity contribution < 1.29 is 4.39 Å². The highest BCUT2D eigenvalue weighted by Crippen LogP contribution is 2.26. The second-order valence-electron chi connectivity index (χ2n) is 5.43. The molecular weight excluding hydrogens is 265 g/mol. The van der Waals surface area contributed by atoms with Gasteiger partial charge in [0.15, 0.2) is 0 Å². The van der Waals surface area contributed by atoms with E-state index in [1.807, 2.05) is 24.7 Å². The third-order valence-corrected chi connectivity index (χ3v) is 3.78. The van der Waals surface area contributed by atoms with Crippen LogP contribution in [0.5, 0.6) is 0 Å². The Kier molecular flexibility index (Phi) is 5.12. The Bertz CT molecular complexity index is 604. The predicted molar refractivity (Wildman–Crippen MR) is 83.9 cm³/mol. The van der Waals surface area contributed by atoms with Gasteiger partial charge in [-0.05, 0) is 55.6 Å². The molecule has 0 aliphatic heterocycles. The van der Waals surface area contributed by atoms with Gasteiger partial charge in [-0.1, -0.05) is 19.9 Å². The van der Waals surface area contributed by atoms with Gasteiger partial charge in [0.2, 0.25) is 0 Å². The maximum absolute atomic E-state index is 13.7. The van der Waals surface area contributed by atoms with Crippen molar-refractivity contribution in [2.24, 2.45) is 7.05 Å². The molecule has 2 aromatic rings. The van der Waals surface area contributed by atoms with Crippen molar-refractivity contribution in [3.63, 3.8) is 0 Å². The van der Waals surface area contributed by atoms with Crippen LogP contribution >= 0.6 is 0 Å². The van der Waals surface area contributed by atoms with E-state index in [-0.39, 0.29) is 11.9 Å². The van der Waals surface area contributed by atoms with Crippen LogP contribution < -0.4 is 5.32 Å². The highest BCUT2D eigenvalue weighted by atomic mass is 19.1. The summed E-state index contributed by atoms with van der Waals surface area (Å²) in [4.78, 5) is 0. The molecule has 1 atom stereocenters. The topological polar surface area (TPSA) is 29.9 Å². The summed E-state index contributed by atoms with van der Waals surface area (Å²) in [6, 6.07) is 7.05. The number of aryl methyl sites for hydroxylation is 3. The molecule has 114 valence electrons. The van der Waals surface area contributed by atoms with E-state index in [0.29, 0.717) is 0 Å². The number of rotatable bonds is 6. The first-order valence-electron chi connectivity index (χ1n) is 7.59. The summed E-state index contributed by atoms with van der Waals surface area (Å²) >= 11 is 0. The van der Waals surface area contributed by atoms with Crippen LogP contribution in [0.25, 0.3) is 0 Å². The standard InChI is InChI=1S/C17H24FN3/c1-5-9-19-17(15-10-13(18)8-7-12(15)3)16-11-14(6-2)20-21(16)4/h7-8,10-11,17,19H,5-6,9H2,1-4H3. The van der Waals surface area contributed by atoms with Crippen LogP contribution in [0, 0.1) is 12.7 Å². The van der Waals surface area contributed by atoms with Crippen molar-refractivity contribution >= 4 is 0 Å². The molecule has 21 heavy (non-hydrogen) atoms. The lowest BCUT2D eigenvalue weighted by Gasteiger charge is -2.21. The molecule has 0 radical (unpaired) electrons. The monoisotopic (exact) mass is 289 g/mol. The highest BCUT2D eigenvalue weighted by Gasteiger charge is 2.20. The molecule has 1 N–H and O–H groups in total. The molecule has 1 aromatic carbocycles. The third kappa shape index (κ3) is 3.50. The van der Waals surface area contributed by atoms with E-state index in [9.17, 15) is 4.39 Å². The molecule has 0 bridgehead atoms. The van der Waals surface area contributed by atoms with Gasteiger partial charge >= 0.3 is 0 Å². The minimum atomic E-state index is -0.197. The molecule has 0 fully saturated rings. The summed E-state index contributed by atoms with van der Waals surface area (Å²) in [6.07, 6.45) is 1.93. The molecular formula is C17H24FN3. The fourth-order valence-electron chi connectivity index (χ4n) is 2.57. The van der Waals surface area contributed by atoms with Gasteiger partial charge in [0.25, 0.3) is 0 Å². The van der Waals surface area contributed by atoms with Gasteiger partial charge < -0.3 is 5.32 Å². The molecule has 1 aromatic heterocycles. The van der Waals surface area contributed by atoms with Crippen LogP contribution in [-0.4, -0.2) is 16.3 Å². The third-order valence-electron chi connectivity index (χ3n) is 3.78. The summed E-state index contributed by atoms with van der Waals surface area (Å²) in [7, 11) is 1.95.